The summed E-state index contributed by atoms with van der Waals surface area (Å²) in [5, 5.41) is 0. The number of unbranched alkanes of at least 4 members (excludes halogenated alkanes) is 27. The molecule has 2 unspecified atom stereocenters. The van der Waals surface area contributed by atoms with Gasteiger partial charge in [-0.25, -0.2) is 4.57 Å². The summed E-state index contributed by atoms with van der Waals surface area (Å²) in [6.45, 7) is 3.62. The fraction of sp³-hybridized carbons (Fsp3) is 0.759. The van der Waals surface area contributed by atoms with E-state index in [1.165, 1.54) is 135 Å². The number of ether oxygens (including phenoxy) is 2. The lowest BCUT2D eigenvalue weighted by Gasteiger charge is -2.19. The van der Waals surface area contributed by atoms with Gasteiger partial charge in [0.1, 0.15) is 6.61 Å². The molecule has 0 fully saturated rings. The number of hydrogen-bond donors (Lipinski definition) is 2. The van der Waals surface area contributed by atoms with Crippen molar-refractivity contribution >= 4 is 19.8 Å². The number of phosphoric acid groups is 1. The first-order chi connectivity index (χ1) is 33.3. The van der Waals surface area contributed by atoms with Gasteiger partial charge in [0.2, 0.25) is 0 Å². The second-order valence-electron chi connectivity index (χ2n) is 18.4. The Bertz CT molecular complexity index is 1340. The van der Waals surface area contributed by atoms with Crippen LogP contribution in [0.5, 0.6) is 0 Å². The van der Waals surface area contributed by atoms with E-state index in [1.54, 1.807) is 0 Å². The van der Waals surface area contributed by atoms with E-state index >= 15 is 0 Å². The van der Waals surface area contributed by atoms with Crippen LogP contribution in [0.2, 0.25) is 0 Å². The van der Waals surface area contributed by atoms with Gasteiger partial charge in [-0.15, -0.1) is 0 Å². The maximum Gasteiger partial charge on any atom is 0.472 e. The number of rotatable bonds is 52. The zero-order valence-electron chi connectivity index (χ0n) is 43.8. The van der Waals surface area contributed by atoms with Crippen molar-refractivity contribution in [1.29, 1.82) is 0 Å². The van der Waals surface area contributed by atoms with Crippen LogP contribution in [0.15, 0.2) is 72.9 Å². The van der Waals surface area contributed by atoms with Gasteiger partial charge in [-0.3, -0.25) is 18.6 Å². The summed E-state index contributed by atoms with van der Waals surface area (Å²) in [5.74, 6) is -0.832. The van der Waals surface area contributed by atoms with Gasteiger partial charge in [-0.2, -0.15) is 0 Å². The van der Waals surface area contributed by atoms with Crippen LogP contribution in [0.4, 0.5) is 0 Å². The number of allylic oxidation sites excluding steroid dienone is 12. The zero-order chi connectivity index (χ0) is 49.5. The summed E-state index contributed by atoms with van der Waals surface area (Å²) >= 11 is 0. The lowest BCUT2D eigenvalue weighted by atomic mass is 10.0. The zero-order valence-corrected chi connectivity index (χ0v) is 44.7. The molecule has 0 amide bonds. The molecule has 0 spiro atoms. The van der Waals surface area contributed by atoms with Gasteiger partial charge in [0, 0.05) is 19.4 Å². The molecule has 0 aliphatic carbocycles. The second-order valence-corrected chi connectivity index (χ2v) is 19.9. The summed E-state index contributed by atoms with van der Waals surface area (Å²) in [6.07, 6.45) is 68.1. The predicted molar refractivity (Wildman–Crippen MR) is 289 cm³/mol. The standard InChI is InChI=1S/C58H104NO8P/c1-3-5-7-9-11-13-15-17-19-21-23-24-25-26-27-28-29-30-31-32-33-35-37-39-41-43-45-47-49-51-58(61)67-56(55-66-68(62,63)65-53-52-59)54-64-57(60)50-48-46-44-42-40-38-36-34-22-20-18-16-14-12-10-8-6-4-2/h5,7,11,13-14,16-17,19-20,22-24,56H,3-4,6,8-10,12,15,18,21,25-55,59H2,1-2H3,(H,62,63)/b7-5-,13-11-,16-14-,19-17-,22-20-,24-23-. The Morgan fingerprint density at radius 3 is 1.21 bits per heavy atom. The van der Waals surface area contributed by atoms with Gasteiger partial charge in [-0.05, 0) is 83.5 Å². The number of carbonyl (C=O) groups excluding carboxylic acids is 2. The minimum Gasteiger partial charge on any atom is -0.462 e. The number of phosphoric ester groups is 1. The van der Waals surface area contributed by atoms with Crippen molar-refractivity contribution in [3.63, 3.8) is 0 Å². The van der Waals surface area contributed by atoms with E-state index in [1.807, 2.05) is 0 Å². The van der Waals surface area contributed by atoms with Gasteiger partial charge < -0.3 is 20.1 Å². The molecule has 0 saturated carbocycles. The number of nitrogens with two attached hydrogens (primary N) is 1. The molecular weight excluding hydrogens is 870 g/mol. The molecular formula is C58H104NO8P. The molecule has 3 N–H and O–H groups in total. The molecule has 9 nitrogen and oxygen atoms in total. The lowest BCUT2D eigenvalue weighted by Crippen LogP contribution is -2.29. The first-order valence-electron chi connectivity index (χ1n) is 27.9. The van der Waals surface area contributed by atoms with E-state index < -0.39 is 26.5 Å². The molecule has 394 valence electrons. The smallest absolute Gasteiger partial charge is 0.462 e. The Hall–Kier alpha value is -2.55. The Balaban J connectivity index is 3.96. The van der Waals surface area contributed by atoms with Gasteiger partial charge in [0.25, 0.3) is 0 Å². The van der Waals surface area contributed by atoms with Crippen molar-refractivity contribution in [3.8, 4) is 0 Å². The van der Waals surface area contributed by atoms with E-state index in [0.29, 0.717) is 6.42 Å². The second kappa shape index (κ2) is 53.8. The molecule has 68 heavy (non-hydrogen) atoms. The molecule has 0 radical (unpaired) electrons. The molecule has 0 aliphatic rings. The SMILES string of the molecule is CC/C=C\C/C=C\C/C=C\C/C=C\CCCCCCCCCCCCCCCCCCC(=O)OC(COC(=O)CCCCCCCCC/C=C\C/C=C\CCCCCC)COP(=O)(O)OCCN. The Kier molecular flexibility index (Phi) is 51.8. The van der Waals surface area contributed by atoms with E-state index in [-0.39, 0.29) is 38.6 Å². The van der Waals surface area contributed by atoms with Crippen LogP contribution >= 0.6 is 7.82 Å². The highest BCUT2D eigenvalue weighted by Gasteiger charge is 2.26. The summed E-state index contributed by atoms with van der Waals surface area (Å²) < 4.78 is 33.0. The maximum atomic E-state index is 12.7. The van der Waals surface area contributed by atoms with Crippen LogP contribution in [0.25, 0.3) is 0 Å². The van der Waals surface area contributed by atoms with E-state index in [0.717, 1.165) is 83.5 Å². The average Bonchev–Trinajstić information content (AvgIpc) is 3.33. The van der Waals surface area contributed by atoms with Crippen molar-refractivity contribution in [2.24, 2.45) is 5.73 Å². The third-order valence-corrected chi connectivity index (χ3v) is 12.8. The highest BCUT2D eigenvalue weighted by Crippen LogP contribution is 2.43. The van der Waals surface area contributed by atoms with Gasteiger partial charge >= 0.3 is 19.8 Å². The topological polar surface area (TPSA) is 134 Å². The molecule has 2 atom stereocenters. The Morgan fingerprint density at radius 2 is 0.809 bits per heavy atom. The van der Waals surface area contributed by atoms with Crippen LogP contribution in [0.1, 0.15) is 251 Å². The summed E-state index contributed by atoms with van der Waals surface area (Å²) in [6, 6.07) is 0. The third kappa shape index (κ3) is 52.8. The maximum absolute atomic E-state index is 12.7. The minimum absolute atomic E-state index is 0.0506. The van der Waals surface area contributed by atoms with Crippen molar-refractivity contribution < 1.29 is 37.6 Å². The molecule has 0 heterocycles. The largest absolute Gasteiger partial charge is 0.472 e. The van der Waals surface area contributed by atoms with Crippen LogP contribution in [0.3, 0.4) is 0 Å². The van der Waals surface area contributed by atoms with E-state index in [2.05, 4.69) is 86.8 Å². The van der Waals surface area contributed by atoms with E-state index in [4.69, 9.17) is 24.3 Å². The van der Waals surface area contributed by atoms with Crippen molar-refractivity contribution in [2.75, 3.05) is 26.4 Å². The molecule has 10 heteroatoms. The number of carbonyl (C=O) groups is 2. The number of esters is 2. The normalized spacial score (nSPS) is 13.6. The van der Waals surface area contributed by atoms with Gasteiger partial charge in [0.15, 0.2) is 6.10 Å². The highest BCUT2D eigenvalue weighted by atomic mass is 31.2. The van der Waals surface area contributed by atoms with Crippen molar-refractivity contribution in [1.82, 2.24) is 0 Å². The van der Waals surface area contributed by atoms with Crippen LogP contribution in [-0.2, 0) is 32.7 Å². The third-order valence-electron chi connectivity index (χ3n) is 11.8. The Labute approximate surface area is 418 Å². The fourth-order valence-corrected chi connectivity index (χ4v) is 8.48. The summed E-state index contributed by atoms with van der Waals surface area (Å²) in [5.41, 5.74) is 5.38. The fourth-order valence-electron chi connectivity index (χ4n) is 7.72. The lowest BCUT2D eigenvalue weighted by molar-refractivity contribution is -0.161. The van der Waals surface area contributed by atoms with Crippen molar-refractivity contribution in [2.45, 2.75) is 258 Å². The Morgan fingerprint density at radius 1 is 0.456 bits per heavy atom. The summed E-state index contributed by atoms with van der Waals surface area (Å²) in [4.78, 5) is 35.1. The predicted octanol–water partition coefficient (Wildman–Crippen LogP) is 17.3. The highest BCUT2D eigenvalue weighted by molar-refractivity contribution is 7.47. The number of hydrogen-bond acceptors (Lipinski definition) is 8. The first-order valence-corrected chi connectivity index (χ1v) is 29.4. The molecule has 0 saturated heterocycles. The first kappa shape index (κ1) is 65.5. The van der Waals surface area contributed by atoms with Crippen LogP contribution < -0.4 is 5.73 Å². The summed E-state index contributed by atoms with van der Waals surface area (Å²) in [7, 11) is -4.39. The monoisotopic (exact) mass is 974 g/mol. The van der Waals surface area contributed by atoms with Gasteiger partial charge in [0.05, 0.1) is 13.2 Å². The molecule has 0 aromatic rings. The van der Waals surface area contributed by atoms with Gasteiger partial charge in [-0.1, -0.05) is 228 Å². The molecule has 0 aliphatic heterocycles. The van der Waals surface area contributed by atoms with Crippen LogP contribution in [0, 0.1) is 0 Å². The van der Waals surface area contributed by atoms with E-state index in [9.17, 15) is 19.0 Å². The molecule has 0 rings (SSSR count). The average molecular weight is 974 g/mol. The van der Waals surface area contributed by atoms with Crippen LogP contribution in [-0.4, -0.2) is 49.3 Å². The minimum atomic E-state index is -4.39. The quantitative estimate of drug-likeness (QED) is 0.0264. The molecule has 0 bridgehead atoms. The van der Waals surface area contributed by atoms with Crippen molar-refractivity contribution in [3.05, 3.63) is 72.9 Å². The molecule has 0 aromatic carbocycles. The molecule has 0 aromatic heterocycles.